The molecule has 5 heteroatoms. The Labute approximate surface area is 161 Å². The minimum atomic E-state index is -0.388. The molecular formula is C22H29N3O2. The summed E-state index contributed by atoms with van der Waals surface area (Å²) in [5.41, 5.74) is 8.08. The van der Waals surface area contributed by atoms with E-state index in [1.165, 1.54) is 0 Å². The Morgan fingerprint density at radius 3 is 2.19 bits per heavy atom. The Bertz CT molecular complexity index is 770. The predicted molar refractivity (Wildman–Crippen MR) is 109 cm³/mol. The first-order chi connectivity index (χ1) is 12.7. The molecule has 2 amide bonds. The third kappa shape index (κ3) is 5.66. The van der Waals surface area contributed by atoms with Crippen molar-refractivity contribution in [1.82, 2.24) is 5.32 Å². The number of hydrogen-bond acceptors (Lipinski definition) is 3. The van der Waals surface area contributed by atoms with Gasteiger partial charge < -0.3 is 16.4 Å². The number of nitrogens with one attached hydrogen (secondary N) is 2. The number of hydrogen-bond donors (Lipinski definition) is 3. The highest BCUT2D eigenvalue weighted by atomic mass is 16.2. The van der Waals surface area contributed by atoms with Gasteiger partial charge >= 0.3 is 0 Å². The van der Waals surface area contributed by atoms with Crippen LogP contribution in [0, 0.1) is 5.92 Å². The lowest BCUT2D eigenvalue weighted by Crippen LogP contribution is -2.42. The van der Waals surface area contributed by atoms with E-state index in [0.717, 1.165) is 12.0 Å². The molecule has 0 spiro atoms. The van der Waals surface area contributed by atoms with Crippen LogP contribution in [0.15, 0.2) is 54.6 Å². The molecule has 0 saturated carbocycles. The highest BCUT2D eigenvalue weighted by Crippen LogP contribution is 2.21. The van der Waals surface area contributed by atoms with Crippen molar-refractivity contribution in [1.29, 1.82) is 0 Å². The standard InChI is InChI=1S/C22H29N3O2/c1-5-22(3,4)25-21(27)17-11-13-18(14-12-17)24-20(26)15(2)19(23)16-9-7-6-8-10-16/h6-15,19H,5,23H2,1-4H3,(H,24,26)(H,25,27). The summed E-state index contributed by atoms with van der Waals surface area (Å²) in [6.45, 7) is 7.80. The molecule has 2 aromatic carbocycles. The van der Waals surface area contributed by atoms with Crippen molar-refractivity contribution in [3.8, 4) is 0 Å². The van der Waals surface area contributed by atoms with Crippen LogP contribution in [0.3, 0.4) is 0 Å². The van der Waals surface area contributed by atoms with Gasteiger partial charge in [-0.05, 0) is 50.1 Å². The van der Waals surface area contributed by atoms with E-state index in [-0.39, 0.29) is 29.3 Å². The maximum atomic E-state index is 12.5. The van der Waals surface area contributed by atoms with E-state index in [1.54, 1.807) is 24.3 Å². The summed E-state index contributed by atoms with van der Waals surface area (Å²) in [6, 6.07) is 16.1. The molecule has 5 nitrogen and oxygen atoms in total. The topological polar surface area (TPSA) is 84.2 Å². The second-order valence-corrected chi connectivity index (χ2v) is 7.48. The van der Waals surface area contributed by atoms with Crippen LogP contribution in [0.1, 0.15) is 56.1 Å². The number of anilines is 1. The highest BCUT2D eigenvalue weighted by Gasteiger charge is 2.22. The molecule has 0 aliphatic carbocycles. The summed E-state index contributed by atoms with van der Waals surface area (Å²) < 4.78 is 0. The lowest BCUT2D eigenvalue weighted by Gasteiger charge is -2.24. The molecule has 144 valence electrons. The van der Waals surface area contributed by atoms with Crippen molar-refractivity contribution in [3.63, 3.8) is 0 Å². The third-order valence-electron chi connectivity index (χ3n) is 4.89. The van der Waals surface area contributed by atoms with Crippen LogP contribution < -0.4 is 16.4 Å². The van der Waals surface area contributed by atoms with Gasteiger partial charge in [-0.25, -0.2) is 0 Å². The van der Waals surface area contributed by atoms with Gasteiger partial charge in [-0.2, -0.15) is 0 Å². The van der Waals surface area contributed by atoms with Gasteiger partial charge in [-0.15, -0.1) is 0 Å². The van der Waals surface area contributed by atoms with Crippen molar-refractivity contribution < 1.29 is 9.59 Å². The van der Waals surface area contributed by atoms with Gasteiger partial charge in [-0.1, -0.05) is 44.2 Å². The molecule has 2 rings (SSSR count). The lowest BCUT2D eigenvalue weighted by molar-refractivity contribution is -0.120. The van der Waals surface area contributed by atoms with Crippen molar-refractivity contribution >= 4 is 17.5 Å². The van der Waals surface area contributed by atoms with Crippen molar-refractivity contribution in [2.24, 2.45) is 11.7 Å². The van der Waals surface area contributed by atoms with E-state index < -0.39 is 0 Å². The first-order valence-electron chi connectivity index (χ1n) is 9.27. The van der Waals surface area contributed by atoms with Gasteiger partial charge in [-0.3, -0.25) is 9.59 Å². The largest absolute Gasteiger partial charge is 0.347 e. The zero-order valence-electron chi connectivity index (χ0n) is 16.5. The second kappa shape index (κ2) is 8.82. The Hall–Kier alpha value is -2.66. The van der Waals surface area contributed by atoms with E-state index in [0.29, 0.717) is 11.3 Å². The fourth-order valence-corrected chi connectivity index (χ4v) is 2.56. The summed E-state index contributed by atoms with van der Waals surface area (Å²) in [5.74, 6) is -0.671. The monoisotopic (exact) mass is 367 g/mol. The average Bonchev–Trinajstić information content (AvgIpc) is 2.67. The maximum Gasteiger partial charge on any atom is 0.251 e. The van der Waals surface area contributed by atoms with E-state index >= 15 is 0 Å². The fraction of sp³-hybridized carbons (Fsp3) is 0.364. The molecule has 27 heavy (non-hydrogen) atoms. The Kier molecular flexibility index (Phi) is 6.75. The van der Waals surface area contributed by atoms with Crippen LogP contribution in [0.5, 0.6) is 0 Å². The molecule has 0 fully saturated rings. The molecule has 4 N–H and O–H groups in total. The molecule has 2 unspecified atom stereocenters. The SMILES string of the molecule is CCC(C)(C)NC(=O)c1ccc(NC(=O)C(C)C(N)c2ccccc2)cc1. The molecule has 0 aromatic heterocycles. The lowest BCUT2D eigenvalue weighted by atomic mass is 9.94. The summed E-state index contributed by atoms with van der Waals surface area (Å²) in [7, 11) is 0. The van der Waals surface area contributed by atoms with Crippen LogP contribution >= 0.6 is 0 Å². The predicted octanol–water partition coefficient (Wildman–Crippen LogP) is 3.88. The van der Waals surface area contributed by atoms with Gasteiger partial charge in [0.15, 0.2) is 0 Å². The molecule has 0 heterocycles. The van der Waals surface area contributed by atoms with Crippen LogP contribution in [-0.2, 0) is 4.79 Å². The average molecular weight is 367 g/mol. The van der Waals surface area contributed by atoms with Crippen LogP contribution in [-0.4, -0.2) is 17.4 Å². The number of rotatable bonds is 7. The van der Waals surface area contributed by atoms with Crippen LogP contribution in [0.4, 0.5) is 5.69 Å². The second-order valence-electron chi connectivity index (χ2n) is 7.48. The van der Waals surface area contributed by atoms with Gasteiger partial charge in [0.05, 0.1) is 5.92 Å². The molecule has 0 aliphatic rings. The Morgan fingerprint density at radius 1 is 1.04 bits per heavy atom. The van der Waals surface area contributed by atoms with Gasteiger partial charge in [0.25, 0.3) is 5.91 Å². The number of carbonyl (C=O) groups excluding carboxylic acids is 2. The highest BCUT2D eigenvalue weighted by molar-refractivity contribution is 5.96. The summed E-state index contributed by atoms with van der Waals surface area (Å²) in [6.07, 6.45) is 0.840. The van der Waals surface area contributed by atoms with Crippen molar-refractivity contribution in [2.45, 2.75) is 45.7 Å². The van der Waals surface area contributed by atoms with Gasteiger partial charge in [0.2, 0.25) is 5.91 Å². The van der Waals surface area contributed by atoms with E-state index in [9.17, 15) is 9.59 Å². The molecule has 2 atom stereocenters. The molecule has 0 saturated heterocycles. The Morgan fingerprint density at radius 2 is 1.63 bits per heavy atom. The fourth-order valence-electron chi connectivity index (χ4n) is 2.56. The first kappa shape index (κ1) is 20.6. The molecule has 2 aromatic rings. The number of carbonyl (C=O) groups is 2. The van der Waals surface area contributed by atoms with E-state index in [2.05, 4.69) is 10.6 Å². The number of amides is 2. The molecule has 0 radical (unpaired) electrons. The number of benzene rings is 2. The quantitative estimate of drug-likeness (QED) is 0.694. The first-order valence-corrected chi connectivity index (χ1v) is 9.27. The zero-order chi connectivity index (χ0) is 20.0. The molecular weight excluding hydrogens is 338 g/mol. The maximum absolute atomic E-state index is 12.5. The molecule has 0 bridgehead atoms. The summed E-state index contributed by atoms with van der Waals surface area (Å²) in [4.78, 5) is 24.8. The zero-order valence-corrected chi connectivity index (χ0v) is 16.5. The van der Waals surface area contributed by atoms with E-state index in [1.807, 2.05) is 58.0 Å². The minimum Gasteiger partial charge on any atom is -0.347 e. The minimum absolute atomic E-state index is 0.126. The van der Waals surface area contributed by atoms with Crippen LogP contribution in [0.2, 0.25) is 0 Å². The van der Waals surface area contributed by atoms with Crippen LogP contribution in [0.25, 0.3) is 0 Å². The van der Waals surface area contributed by atoms with Crippen molar-refractivity contribution in [2.75, 3.05) is 5.32 Å². The summed E-state index contributed by atoms with van der Waals surface area (Å²) in [5, 5.41) is 5.86. The Balaban J connectivity index is 1.99. The van der Waals surface area contributed by atoms with Gasteiger partial charge in [0, 0.05) is 22.8 Å². The molecule has 0 aliphatic heterocycles. The van der Waals surface area contributed by atoms with Crippen molar-refractivity contribution in [3.05, 3.63) is 65.7 Å². The third-order valence-corrected chi connectivity index (χ3v) is 4.89. The normalized spacial score (nSPS) is 13.5. The smallest absolute Gasteiger partial charge is 0.251 e. The number of nitrogens with two attached hydrogens (primary N) is 1. The summed E-state index contributed by atoms with van der Waals surface area (Å²) >= 11 is 0. The van der Waals surface area contributed by atoms with E-state index in [4.69, 9.17) is 5.73 Å². The van der Waals surface area contributed by atoms with Gasteiger partial charge in [0.1, 0.15) is 0 Å².